The Morgan fingerprint density at radius 3 is 2.54 bits per heavy atom. The van der Waals surface area contributed by atoms with E-state index in [4.69, 9.17) is 0 Å². The van der Waals surface area contributed by atoms with Gasteiger partial charge in [0.25, 0.3) is 0 Å². The summed E-state index contributed by atoms with van der Waals surface area (Å²) in [6.45, 7) is 1.46. The molecular formula is C20H24N2O4. The molecule has 6 nitrogen and oxygen atoms in total. The molecule has 2 N–H and O–H groups in total. The van der Waals surface area contributed by atoms with Crippen molar-refractivity contribution in [1.82, 2.24) is 10.2 Å². The molecule has 0 aromatic heterocycles. The molecule has 0 bridgehead atoms. The minimum absolute atomic E-state index is 0.0377. The van der Waals surface area contributed by atoms with Crippen molar-refractivity contribution >= 4 is 23.9 Å². The summed E-state index contributed by atoms with van der Waals surface area (Å²) in [7, 11) is 0. The first-order valence-electron chi connectivity index (χ1n) is 9.03. The molecule has 1 atom stereocenters. The van der Waals surface area contributed by atoms with Crippen LogP contribution in [0.1, 0.15) is 62.6 Å². The zero-order valence-electron chi connectivity index (χ0n) is 14.9. The lowest BCUT2D eigenvalue weighted by Gasteiger charge is -2.36. The van der Waals surface area contributed by atoms with Gasteiger partial charge in [0.1, 0.15) is 5.54 Å². The number of carbonyl (C=O) groups is 3. The molecule has 0 radical (unpaired) electrons. The van der Waals surface area contributed by atoms with Gasteiger partial charge >= 0.3 is 5.97 Å². The Hall–Kier alpha value is -2.63. The summed E-state index contributed by atoms with van der Waals surface area (Å²) < 4.78 is 0. The average molecular weight is 356 g/mol. The second-order valence-corrected chi connectivity index (χ2v) is 7.09. The van der Waals surface area contributed by atoms with Gasteiger partial charge in [-0.05, 0) is 30.0 Å². The molecule has 0 spiro atoms. The number of nitrogens with zero attached hydrogens (tertiary/aromatic N) is 1. The third kappa shape index (κ3) is 3.49. The number of rotatable bonds is 4. The van der Waals surface area contributed by atoms with Crippen molar-refractivity contribution in [2.75, 3.05) is 0 Å². The summed E-state index contributed by atoms with van der Waals surface area (Å²) in [4.78, 5) is 38.1. The fourth-order valence-corrected chi connectivity index (χ4v) is 3.95. The second kappa shape index (κ2) is 7.32. The molecular weight excluding hydrogens is 332 g/mol. The van der Waals surface area contributed by atoms with Crippen molar-refractivity contribution in [3.63, 3.8) is 0 Å². The van der Waals surface area contributed by atoms with Gasteiger partial charge in [-0.25, -0.2) is 4.79 Å². The van der Waals surface area contributed by atoms with E-state index in [-0.39, 0.29) is 18.2 Å². The molecule has 3 rings (SSSR count). The van der Waals surface area contributed by atoms with Gasteiger partial charge in [-0.15, -0.1) is 0 Å². The normalized spacial score (nSPS) is 21.0. The number of hydrogen-bond donors (Lipinski definition) is 2. The van der Waals surface area contributed by atoms with Crippen molar-refractivity contribution in [3.05, 3.63) is 41.6 Å². The summed E-state index contributed by atoms with van der Waals surface area (Å²) in [5.41, 5.74) is 0.683. The SMILES string of the molecule is CC(=O)N1C=Cc2ccccc2[C@@H]1CC(=O)NC1(C(=O)O)CCCCC1. The third-order valence-corrected chi connectivity index (χ3v) is 5.34. The van der Waals surface area contributed by atoms with E-state index in [9.17, 15) is 19.5 Å². The van der Waals surface area contributed by atoms with E-state index in [1.165, 1.54) is 11.8 Å². The first-order valence-corrected chi connectivity index (χ1v) is 9.03. The van der Waals surface area contributed by atoms with E-state index in [1.807, 2.05) is 30.3 Å². The van der Waals surface area contributed by atoms with Crippen molar-refractivity contribution in [3.8, 4) is 0 Å². The third-order valence-electron chi connectivity index (χ3n) is 5.34. The predicted octanol–water partition coefficient (Wildman–Crippen LogP) is 2.85. The van der Waals surface area contributed by atoms with Gasteiger partial charge in [0, 0.05) is 13.1 Å². The minimum Gasteiger partial charge on any atom is -0.480 e. The van der Waals surface area contributed by atoms with E-state index >= 15 is 0 Å². The number of nitrogens with one attached hydrogen (secondary N) is 1. The van der Waals surface area contributed by atoms with Crippen LogP contribution in [-0.4, -0.2) is 33.3 Å². The Labute approximate surface area is 152 Å². The van der Waals surface area contributed by atoms with Crippen LogP contribution in [0.3, 0.4) is 0 Å². The highest BCUT2D eigenvalue weighted by Crippen LogP contribution is 2.34. The van der Waals surface area contributed by atoms with Gasteiger partial charge in [-0.3, -0.25) is 9.59 Å². The van der Waals surface area contributed by atoms with Crippen LogP contribution >= 0.6 is 0 Å². The molecule has 2 aliphatic rings. The predicted molar refractivity (Wildman–Crippen MR) is 96.9 cm³/mol. The Bertz CT molecular complexity index is 750. The lowest BCUT2D eigenvalue weighted by molar-refractivity contribution is -0.149. The molecule has 1 saturated carbocycles. The first-order chi connectivity index (χ1) is 12.4. The Balaban J connectivity index is 1.81. The van der Waals surface area contributed by atoms with E-state index in [0.717, 1.165) is 30.4 Å². The van der Waals surface area contributed by atoms with Crippen molar-refractivity contribution in [2.45, 2.75) is 57.0 Å². The molecule has 1 aromatic carbocycles. The quantitative estimate of drug-likeness (QED) is 0.868. The van der Waals surface area contributed by atoms with E-state index in [1.54, 1.807) is 6.20 Å². The van der Waals surface area contributed by atoms with Gasteiger partial charge in [0.2, 0.25) is 11.8 Å². The number of carbonyl (C=O) groups excluding carboxylic acids is 2. The Morgan fingerprint density at radius 1 is 1.19 bits per heavy atom. The number of aliphatic carboxylic acids is 1. The number of carboxylic acid groups (broad SMARTS) is 1. The number of fused-ring (bicyclic) bond motifs is 1. The Kier molecular flexibility index (Phi) is 5.11. The van der Waals surface area contributed by atoms with Gasteiger partial charge < -0.3 is 15.3 Å². The highest BCUT2D eigenvalue weighted by Gasteiger charge is 2.41. The highest BCUT2D eigenvalue weighted by molar-refractivity contribution is 5.88. The Morgan fingerprint density at radius 2 is 1.88 bits per heavy atom. The smallest absolute Gasteiger partial charge is 0.329 e. The van der Waals surface area contributed by atoms with Gasteiger partial charge in [-0.2, -0.15) is 0 Å². The molecule has 0 unspecified atom stereocenters. The maximum atomic E-state index is 12.7. The van der Waals surface area contributed by atoms with Crippen LogP contribution in [0, 0.1) is 0 Å². The number of hydrogen-bond acceptors (Lipinski definition) is 3. The van der Waals surface area contributed by atoms with Crippen LogP contribution in [0.5, 0.6) is 0 Å². The number of amides is 2. The summed E-state index contributed by atoms with van der Waals surface area (Å²) in [5, 5.41) is 12.4. The number of carboxylic acids is 1. The highest BCUT2D eigenvalue weighted by atomic mass is 16.4. The van der Waals surface area contributed by atoms with Crippen molar-refractivity contribution in [2.24, 2.45) is 0 Å². The molecule has 6 heteroatoms. The fraction of sp³-hybridized carbons (Fsp3) is 0.450. The monoisotopic (exact) mass is 356 g/mol. The summed E-state index contributed by atoms with van der Waals surface area (Å²) in [6, 6.07) is 7.20. The average Bonchev–Trinajstić information content (AvgIpc) is 2.62. The fourth-order valence-electron chi connectivity index (χ4n) is 3.95. The molecule has 26 heavy (non-hydrogen) atoms. The summed E-state index contributed by atoms with van der Waals surface area (Å²) in [6.07, 6.45) is 7.06. The van der Waals surface area contributed by atoms with Crippen molar-refractivity contribution in [1.29, 1.82) is 0 Å². The molecule has 1 aromatic rings. The summed E-state index contributed by atoms with van der Waals surface area (Å²) >= 11 is 0. The molecule has 138 valence electrons. The van der Waals surface area contributed by atoms with Crippen LogP contribution in [0.25, 0.3) is 6.08 Å². The second-order valence-electron chi connectivity index (χ2n) is 7.09. The first kappa shape index (κ1) is 18.2. The van der Waals surface area contributed by atoms with E-state index in [2.05, 4.69) is 5.32 Å². The largest absolute Gasteiger partial charge is 0.480 e. The van der Waals surface area contributed by atoms with Gasteiger partial charge in [0.05, 0.1) is 12.5 Å². The maximum absolute atomic E-state index is 12.7. The molecule has 1 fully saturated rings. The van der Waals surface area contributed by atoms with E-state index < -0.39 is 17.6 Å². The van der Waals surface area contributed by atoms with Crippen LogP contribution in [0.4, 0.5) is 0 Å². The maximum Gasteiger partial charge on any atom is 0.329 e. The molecule has 1 aliphatic heterocycles. The van der Waals surface area contributed by atoms with Crippen LogP contribution in [-0.2, 0) is 14.4 Å². The molecule has 1 heterocycles. The van der Waals surface area contributed by atoms with Crippen LogP contribution in [0.2, 0.25) is 0 Å². The zero-order valence-corrected chi connectivity index (χ0v) is 14.9. The summed E-state index contributed by atoms with van der Waals surface area (Å²) in [5.74, 6) is -1.47. The van der Waals surface area contributed by atoms with Crippen LogP contribution < -0.4 is 5.32 Å². The van der Waals surface area contributed by atoms with Gasteiger partial charge in [0.15, 0.2) is 0 Å². The van der Waals surface area contributed by atoms with Crippen LogP contribution in [0.15, 0.2) is 30.5 Å². The van der Waals surface area contributed by atoms with Crippen molar-refractivity contribution < 1.29 is 19.5 Å². The van der Waals surface area contributed by atoms with E-state index in [0.29, 0.717) is 12.8 Å². The minimum atomic E-state index is -1.18. The van der Waals surface area contributed by atoms with Gasteiger partial charge in [-0.1, -0.05) is 43.5 Å². The zero-order chi connectivity index (χ0) is 18.7. The lowest BCUT2D eigenvalue weighted by atomic mass is 9.81. The number of benzene rings is 1. The molecule has 1 aliphatic carbocycles. The lowest BCUT2D eigenvalue weighted by Crippen LogP contribution is -2.56. The standard InChI is InChI=1S/C20H24N2O4/c1-14(23)22-12-9-15-7-3-4-8-16(15)17(22)13-18(24)21-20(19(25)26)10-5-2-6-11-20/h3-4,7-9,12,17H,2,5-6,10-11,13H2,1H3,(H,21,24)(H,25,26)/t17-/m0/s1. The topological polar surface area (TPSA) is 86.7 Å². The molecule has 0 saturated heterocycles. The molecule has 2 amide bonds.